The summed E-state index contributed by atoms with van der Waals surface area (Å²) in [6.45, 7) is 2.37. The van der Waals surface area contributed by atoms with Crippen molar-refractivity contribution < 1.29 is 33.0 Å². The van der Waals surface area contributed by atoms with Gasteiger partial charge < -0.3 is 19.9 Å². The summed E-state index contributed by atoms with van der Waals surface area (Å²) >= 11 is 0. The highest BCUT2D eigenvalue weighted by molar-refractivity contribution is 5.75. The van der Waals surface area contributed by atoms with Gasteiger partial charge in [0.15, 0.2) is 11.6 Å². The average Bonchev–Trinajstić information content (AvgIpc) is 3.23. The van der Waals surface area contributed by atoms with E-state index < -0.39 is 17.7 Å². The van der Waals surface area contributed by atoms with E-state index in [4.69, 9.17) is 5.11 Å². The molecule has 0 spiro atoms. The van der Waals surface area contributed by atoms with Crippen LogP contribution in [0.15, 0.2) is 42.6 Å². The van der Waals surface area contributed by atoms with Crippen LogP contribution in [-0.4, -0.2) is 48.3 Å². The Morgan fingerprint density at radius 3 is 2.34 bits per heavy atom. The Hall–Kier alpha value is -3.63. The van der Waals surface area contributed by atoms with E-state index in [1.54, 1.807) is 32.4 Å². The van der Waals surface area contributed by atoms with Crippen LogP contribution in [-0.2, 0) is 16.0 Å². The highest BCUT2D eigenvalue weighted by Gasteiger charge is 2.15. The number of benzene rings is 2. The molecule has 0 saturated heterocycles. The molecule has 1 aromatic heterocycles. The molecule has 3 aromatic rings. The molecule has 0 fully saturated rings. The largest absolute Gasteiger partial charge is 0.465 e. The van der Waals surface area contributed by atoms with E-state index in [0.717, 1.165) is 27.9 Å². The molecular weight excluding hydrogens is 424 g/mol. The fraction of sp³-hybridized carbons (Fsp3) is 0.227. The molecule has 0 aliphatic carbocycles. The highest BCUT2D eigenvalue weighted by atomic mass is 19.1. The number of nitrogens with zero attached hydrogens (tertiary/aromatic N) is 2. The number of halogens is 2. The molecule has 170 valence electrons. The number of amides is 1. The molecule has 1 amide bonds. The Kier molecular flexibility index (Phi) is 8.99. The number of hydrogen-bond acceptors (Lipinski definition) is 5. The van der Waals surface area contributed by atoms with Gasteiger partial charge in [-0.25, -0.2) is 18.3 Å². The number of carbonyl (C=O) groups excluding carboxylic acids is 1. The lowest BCUT2D eigenvalue weighted by Crippen LogP contribution is -2.20. The predicted octanol–water partition coefficient (Wildman–Crippen LogP) is 3.94. The fourth-order valence-corrected chi connectivity index (χ4v) is 2.78. The number of methoxy groups -OCH3 is 2. The zero-order valence-electron chi connectivity index (χ0n) is 17.8. The van der Waals surface area contributed by atoms with Crippen molar-refractivity contribution in [3.63, 3.8) is 0 Å². The van der Waals surface area contributed by atoms with Crippen LogP contribution in [0.25, 0.3) is 16.9 Å². The first kappa shape index (κ1) is 24.6. The van der Waals surface area contributed by atoms with E-state index in [9.17, 15) is 18.4 Å². The topological polar surface area (TPSA) is 103 Å². The molecule has 0 aliphatic heterocycles. The summed E-state index contributed by atoms with van der Waals surface area (Å²) < 4.78 is 38.3. The van der Waals surface area contributed by atoms with E-state index in [0.29, 0.717) is 24.3 Å². The van der Waals surface area contributed by atoms with Crippen molar-refractivity contribution in [2.24, 2.45) is 0 Å². The standard InChI is InChI=1S/C19H15F2N3O3.C3H8O2/c1-11-2-3-13(8-14(11)9-22-19(26)27)17-4-5-24(23-17)18-15(20)6-12(10-25)7-16(18)21;1-4-3-5-2/h2-8,10,22H,9H2,1H3,(H,26,27);3H2,1-2H3. The summed E-state index contributed by atoms with van der Waals surface area (Å²) in [6.07, 6.45) is 0.643. The first-order chi connectivity index (χ1) is 15.3. The summed E-state index contributed by atoms with van der Waals surface area (Å²) in [4.78, 5) is 21.4. The van der Waals surface area contributed by atoms with Crippen molar-refractivity contribution >= 4 is 12.4 Å². The number of aldehydes is 1. The third-order valence-electron chi connectivity index (χ3n) is 4.30. The van der Waals surface area contributed by atoms with Crippen LogP contribution < -0.4 is 5.32 Å². The number of ether oxygens (including phenoxy) is 2. The molecule has 32 heavy (non-hydrogen) atoms. The van der Waals surface area contributed by atoms with Gasteiger partial charge in [-0.1, -0.05) is 12.1 Å². The predicted molar refractivity (Wildman–Crippen MR) is 113 cm³/mol. The van der Waals surface area contributed by atoms with Crippen molar-refractivity contribution in [3.8, 4) is 16.9 Å². The molecule has 0 atom stereocenters. The zero-order valence-corrected chi connectivity index (χ0v) is 17.8. The van der Waals surface area contributed by atoms with Crippen LogP contribution in [0.2, 0.25) is 0 Å². The second-order valence-corrected chi connectivity index (χ2v) is 6.59. The zero-order chi connectivity index (χ0) is 23.7. The van der Waals surface area contributed by atoms with Crippen molar-refractivity contribution in [2.75, 3.05) is 21.0 Å². The average molecular weight is 447 g/mol. The fourth-order valence-electron chi connectivity index (χ4n) is 2.78. The van der Waals surface area contributed by atoms with Gasteiger partial charge in [-0.3, -0.25) is 4.79 Å². The molecule has 10 heteroatoms. The lowest BCUT2D eigenvalue weighted by Gasteiger charge is -2.08. The van der Waals surface area contributed by atoms with E-state index in [1.807, 2.05) is 13.0 Å². The van der Waals surface area contributed by atoms with Crippen molar-refractivity contribution in [1.29, 1.82) is 0 Å². The molecule has 3 rings (SSSR count). The van der Waals surface area contributed by atoms with Crippen LogP contribution in [0.5, 0.6) is 0 Å². The summed E-state index contributed by atoms with van der Waals surface area (Å²) in [6, 6.07) is 8.83. The molecule has 0 bridgehead atoms. The van der Waals surface area contributed by atoms with E-state index in [-0.39, 0.29) is 17.8 Å². The van der Waals surface area contributed by atoms with E-state index in [2.05, 4.69) is 19.9 Å². The Morgan fingerprint density at radius 1 is 1.16 bits per heavy atom. The van der Waals surface area contributed by atoms with Gasteiger partial charge in [0, 0.05) is 38.1 Å². The van der Waals surface area contributed by atoms with Gasteiger partial charge in [0.25, 0.3) is 0 Å². The summed E-state index contributed by atoms with van der Waals surface area (Å²) in [7, 11) is 3.17. The monoisotopic (exact) mass is 447 g/mol. The molecule has 0 saturated carbocycles. The van der Waals surface area contributed by atoms with Crippen molar-refractivity contribution in [3.05, 3.63) is 70.9 Å². The van der Waals surface area contributed by atoms with Gasteiger partial charge in [-0.05, 0) is 42.3 Å². The lowest BCUT2D eigenvalue weighted by atomic mass is 10.0. The molecular formula is C22H23F2N3O5. The maximum absolute atomic E-state index is 14.2. The number of carboxylic acid groups (broad SMARTS) is 1. The molecule has 0 unspecified atom stereocenters. The van der Waals surface area contributed by atoms with Gasteiger partial charge in [-0.2, -0.15) is 5.10 Å². The quantitative estimate of drug-likeness (QED) is 0.420. The van der Waals surface area contributed by atoms with Crippen LogP contribution in [0.1, 0.15) is 21.5 Å². The third-order valence-corrected chi connectivity index (χ3v) is 4.30. The minimum atomic E-state index is -1.13. The van der Waals surface area contributed by atoms with Crippen molar-refractivity contribution in [1.82, 2.24) is 15.1 Å². The van der Waals surface area contributed by atoms with Crippen LogP contribution >= 0.6 is 0 Å². The Morgan fingerprint density at radius 2 is 1.81 bits per heavy atom. The van der Waals surface area contributed by atoms with Crippen LogP contribution in [0.4, 0.5) is 13.6 Å². The van der Waals surface area contributed by atoms with Crippen LogP contribution in [0, 0.1) is 18.6 Å². The first-order valence-corrected chi connectivity index (χ1v) is 9.35. The Balaban J connectivity index is 0.000000654. The molecule has 1 heterocycles. The number of carbonyl (C=O) groups is 2. The van der Waals surface area contributed by atoms with Crippen molar-refractivity contribution in [2.45, 2.75) is 13.5 Å². The number of aromatic nitrogens is 2. The summed E-state index contributed by atoms with van der Waals surface area (Å²) in [5.74, 6) is -1.80. The number of nitrogens with one attached hydrogen (secondary N) is 1. The highest BCUT2D eigenvalue weighted by Crippen LogP contribution is 2.24. The van der Waals surface area contributed by atoms with Gasteiger partial charge in [-0.15, -0.1) is 0 Å². The summed E-state index contributed by atoms with van der Waals surface area (Å²) in [5, 5.41) is 15.3. The second-order valence-electron chi connectivity index (χ2n) is 6.59. The lowest BCUT2D eigenvalue weighted by molar-refractivity contribution is -0.00272. The number of rotatable bonds is 7. The smallest absolute Gasteiger partial charge is 0.404 e. The maximum Gasteiger partial charge on any atom is 0.404 e. The molecule has 8 nitrogen and oxygen atoms in total. The minimum Gasteiger partial charge on any atom is -0.465 e. The van der Waals surface area contributed by atoms with Gasteiger partial charge in [0.2, 0.25) is 0 Å². The van der Waals surface area contributed by atoms with Gasteiger partial charge >= 0.3 is 6.09 Å². The number of hydrogen-bond donors (Lipinski definition) is 2. The minimum absolute atomic E-state index is 0.102. The summed E-state index contributed by atoms with van der Waals surface area (Å²) in [5.41, 5.74) is 2.31. The molecule has 2 aromatic carbocycles. The van der Waals surface area contributed by atoms with Gasteiger partial charge in [0.1, 0.15) is 18.8 Å². The maximum atomic E-state index is 14.2. The van der Waals surface area contributed by atoms with Gasteiger partial charge in [0.05, 0.1) is 5.69 Å². The first-order valence-electron chi connectivity index (χ1n) is 9.35. The molecule has 0 aliphatic rings. The van der Waals surface area contributed by atoms with Crippen LogP contribution in [0.3, 0.4) is 0 Å². The Labute approximate surface area is 183 Å². The SMILES string of the molecule is COCOC.Cc1ccc(-c2ccn(-c3c(F)cc(C=O)cc3F)n2)cc1CNC(=O)O. The number of aryl methyl sites for hydroxylation is 1. The molecule has 0 radical (unpaired) electrons. The normalized spacial score (nSPS) is 10.3. The Bertz CT molecular complexity index is 1060. The molecule has 2 N–H and O–H groups in total. The third kappa shape index (κ3) is 6.43. The second kappa shape index (κ2) is 11.7. The van der Waals surface area contributed by atoms with E-state index >= 15 is 0 Å². The van der Waals surface area contributed by atoms with E-state index in [1.165, 1.54) is 6.20 Å².